The lowest BCUT2D eigenvalue weighted by Gasteiger charge is -2.28. The minimum Gasteiger partial charge on any atom is -0.472 e. The van der Waals surface area contributed by atoms with E-state index in [1.807, 2.05) is 12.1 Å². The van der Waals surface area contributed by atoms with Crippen molar-refractivity contribution < 1.29 is 28.7 Å². The molecule has 3 N–H and O–H groups in total. The molecule has 1 saturated heterocycles. The standard InChI is InChI=1S/C26H30N8O6/c1-5-15-13-26(15,22(27)36)30-21(35)19-12-16(14-33(19)24(37)39-25(2,3)4)38-20-10-11-28-23(29-20)40-34-18-9-7-6-8-17(18)31-32-34/h5-11,15-16,19H,1,12-14H2,2-4H3,(H2,27,36)(H,30,35)/t15?,16-,19+,26?/m1/s1. The average molecular weight is 551 g/mol. The summed E-state index contributed by atoms with van der Waals surface area (Å²) < 4.78 is 11.6. The van der Waals surface area contributed by atoms with Crippen molar-refractivity contribution in [1.82, 2.24) is 35.3 Å². The Kier molecular flexibility index (Phi) is 6.77. The van der Waals surface area contributed by atoms with Crippen LogP contribution in [0.25, 0.3) is 11.0 Å². The number of carbonyl (C=O) groups is 3. The second kappa shape index (κ2) is 10.1. The Morgan fingerprint density at radius 3 is 2.70 bits per heavy atom. The number of rotatable bonds is 8. The van der Waals surface area contributed by atoms with E-state index in [2.05, 4.69) is 32.2 Å². The van der Waals surface area contributed by atoms with E-state index >= 15 is 0 Å². The summed E-state index contributed by atoms with van der Waals surface area (Å²) in [5.41, 5.74) is 4.83. The molecule has 4 atom stereocenters. The van der Waals surface area contributed by atoms with Gasteiger partial charge in [0.1, 0.15) is 34.3 Å². The zero-order valence-electron chi connectivity index (χ0n) is 22.3. The van der Waals surface area contributed by atoms with E-state index in [0.717, 1.165) is 0 Å². The Morgan fingerprint density at radius 1 is 1.23 bits per heavy atom. The van der Waals surface area contributed by atoms with Gasteiger partial charge in [-0.3, -0.25) is 14.5 Å². The zero-order valence-corrected chi connectivity index (χ0v) is 22.3. The van der Waals surface area contributed by atoms with Gasteiger partial charge in [0.2, 0.25) is 17.7 Å². The van der Waals surface area contributed by atoms with Crippen LogP contribution in [0.1, 0.15) is 33.6 Å². The Bertz CT molecular complexity index is 1470. The first kappa shape index (κ1) is 26.8. The molecular weight excluding hydrogens is 520 g/mol. The summed E-state index contributed by atoms with van der Waals surface area (Å²) in [5.74, 6) is -1.31. The molecule has 210 valence electrons. The molecule has 3 aromatic rings. The molecule has 1 aromatic carbocycles. The molecule has 1 aliphatic carbocycles. The molecule has 2 unspecified atom stereocenters. The van der Waals surface area contributed by atoms with Crippen LogP contribution in [0.15, 0.2) is 49.2 Å². The van der Waals surface area contributed by atoms with E-state index in [1.54, 1.807) is 39.0 Å². The number of para-hydroxylation sites is 1. The van der Waals surface area contributed by atoms with E-state index in [-0.39, 0.29) is 30.8 Å². The quantitative estimate of drug-likeness (QED) is 0.389. The van der Waals surface area contributed by atoms with Gasteiger partial charge >= 0.3 is 12.1 Å². The van der Waals surface area contributed by atoms with Crippen LogP contribution in [0.2, 0.25) is 0 Å². The molecular formula is C26H30N8O6. The number of nitrogens with one attached hydrogen (secondary N) is 1. The van der Waals surface area contributed by atoms with E-state index < -0.39 is 41.2 Å². The van der Waals surface area contributed by atoms with Crippen LogP contribution in [0, 0.1) is 5.92 Å². The summed E-state index contributed by atoms with van der Waals surface area (Å²) in [7, 11) is 0. The third kappa shape index (κ3) is 5.37. The van der Waals surface area contributed by atoms with Crippen molar-refractivity contribution in [1.29, 1.82) is 0 Å². The maximum atomic E-state index is 13.4. The number of hydrogen-bond acceptors (Lipinski definition) is 10. The van der Waals surface area contributed by atoms with Crippen LogP contribution < -0.4 is 20.6 Å². The monoisotopic (exact) mass is 550 g/mol. The number of aromatic nitrogens is 5. The van der Waals surface area contributed by atoms with Gasteiger partial charge in [-0.1, -0.05) is 23.1 Å². The molecule has 0 radical (unpaired) electrons. The number of nitrogens with two attached hydrogens (primary N) is 1. The Hall–Kier alpha value is -4.75. The smallest absolute Gasteiger partial charge is 0.411 e. The fraction of sp³-hybridized carbons (Fsp3) is 0.423. The van der Waals surface area contributed by atoms with Gasteiger partial charge in [0.25, 0.3) is 0 Å². The minimum atomic E-state index is -1.22. The maximum absolute atomic E-state index is 13.4. The highest BCUT2D eigenvalue weighted by molar-refractivity contribution is 5.96. The van der Waals surface area contributed by atoms with Gasteiger partial charge in [0.15, 0.2) is 0 Å². The summed E-state index contributed by atoms with van der Waals surface area (Å²) in [6.07, 6.45) is 2.17. The van der Waals surface area contributed by atoms with Gasteiger partial charge in [-0.2, -0.15) is 4.98 Å². The topological polar surface area (TPSA) is 177 Å². The summed E-state index contributed by atoms with van der Waals surface area (Å²) in [6, 6.07) is 7.74. The molecule has 2 aromatic heterocycles. The molecule has 2 aliphatic rings. The molecule has 0 bridgehead atoms. The molecule has 0 spiro atoms. The first-order chi connectivity index (χ1) is 19.0. The molecule has 3 amide bonds. The number of primary amides is 1. The van der Waals surface area contributed by atoms with Crippen molar-refractivity contribution in [2.45, 2.75) is 56.9 Å². The molecule has 3 heterocycles. The van der Waals surface area contributed by atoms with Gasteiger partial charge < -0.3 is 25.4 Å². The van der Waals surface area contributed by atoms with Crippen LogP contribution in [0.4, 0.5) is 4.79 Å². The van der Waals surface area contributed by atoms with Gasteiger partial charge in [0.05, 0.1) is 6.54 Å². The van der Waals surface area contributed by atoms with Crippen molar-refractivity contribution in [3.8, 4) is 11.9 Å². The number of benzene rings is 1. The molecule has 14 nitrogen and oxygen atoms in total. The van der Waals surface area contributed by atoms with E-state index in [9.17, 15) is 14.4 Å². The highest BCUT2D eigenvalue weighted by atomic mass is 16.7. The normalized spacial score (nSPS) is 23.9. The predicted molar refractivity (Wildman–Crippen MR) is 140 cm³/mol. The first-order valence-electron chi connectivity index (χ1n) is 12.7. The number of amides is 3. The molecule has 40 heavy (non-hydrogen) atoms. The fourth-order valence-corrected chi connectivity index (χ4v) is 4.62. The molecule has 1 saturated carbocycles. The van der Waals surface area contributed by atoms with Crippen LogP contribution in [0.3, 0.4) is 0 Å². The van der Waals surface area contributed by atoms with Crippen molar-refractivity contribution in [2.75, 3.05) is 6.54 Å². The second-order valence-electron chi connectivity index (χ2n) is 10.7. The van der Waals surface area contributed by atoms with E-state index in [4.69, 9.17) is 20.0 Å². The average Bonchev–Trinajstić information content (AvgIpc) is 3.22. The minimum absolute atomic E-state index is 0.0371. The van der Waals surface area contributed by atoms with Crippen molar-refractivity contribution in [2.24, 2.45) is 11.7 Å². The lowest BCUT2D eigenvalue weighted by atomic mass is 10.1. The third-order valence-corrected chi connectivity index (χ3v) is 6.66. The highest BCUT2D eigenvalue weighted by Gasteiger charge is 2.60. The fourth-order valence-electron chi connectivity index (χ4n) is 4.62. The predicted octanol–water partition coefficient (Wildman–Crippen LogP) is 1.37. The molecule has 5 rings (SSSR count). The summed E-state index contributed by atoms with van der Waals surface area (Å²) in [6.45, 7) is 8.92. The lowest BCUT2D eigenvalue weighted by molar-refractivity contribution is -0.131. The number of carbonyl (C=O) groups excluding carboxylic acids is 3. The van der Waals surface area contributed by atoms with Crippen LogP contribution >= 0.6 is 0 Å². The number of hydrogen-bond donors (Lipinski definition) is 2. The van der Waals surface area contributed by atoms with Gasteiger partial charge in [-0.15, -0.1) is 11.7 Å². The first-order valence-corrected chi connectivity index (χ1v) is 12.7. The van der Waals surface area contributed by atoms with Crippen molar-refractivity contribution in [3.63, 3.8) is 0 Å². The number of ether oxygens (including phenoxy) is 2. The maximum Gasteiger partial charge on any atom is 0.411 e. The molecule has 2 fully saturated rings. The Balaban J connectivity index is 1.32. The highest BCUT2D eigenvalue weighted by Crippen LogP contribution is 2.44. The Morgan fingerprint density at radius 2 is 2.00 bits per heavy atom. The van der Waals surface area contributed by atoms with Gasteiger partial charge in [-0.05, 0) is 44.5 Å². The van der Waals surface area contributed by atoms with E-state index in [1.165, 1.54) is 22.0 Å². The second-order valence-corrected chi connectivity index (χ2v) is 10.7. The number of nitrogens with zero attached hydrogens (tertiary/aromatic N) is 6. The van der Waals surface area contributed by atoms with Gasteiger partial charge in [0, 0.05) is 24.6 Å². The van der Waals surface area contributed by atoms with Crippen molar-refractivity contribution >= 4 is 28.9 Å². The lowest BCUT2D eigenvalue weighted by Crippen LogP contribution is -2.55. The summed E-state index contributed by atoms with van der Waals surface area (Å²) >= 11 is 0. The van der Waals surface area contributed by atoms with Crippen LogP contribution in [-0.4, -0.2) is 77.8 Å². The SMILES string of the molecule is C=CC1CC1(NC(=O)[C@@H]1C[C@@H](Oc2ccnc(On3nnc4ccccc43)n2)CN1C(=O)OC(C)(C)C)C(N)=O. The number of fused-ring (bicyclic) bond motifs is 1. The Labute approximate surface area is 229 Å². The summed E-state index contributed by atoms with van der Waals surface area (Å²) in [5, 5.41) is 10.7. The molecule has 14 heteroatoms. The van der Waals surface area contributed by atoms with Crippen molar-refractivity contribution in [3.05, 3.63) is 49.2 Å². The van der Waals surface area contributed by atoms with Gasteiger partial charge in [-0.25, -0.2) is 9.78 Å². The van der Waals surface area contributed by atoms with Crippen LogP contribution in [0.5, 0.6) is 11.9 Å². The summed E-state index contributed by atoms with van der Waals surface area (Å²) in [4.78, 5) is 55.0. The number of likely N-dealkylation sites (tertiary alicyclic amines) is 1. The zero-order chi connectivity index (χ0) is 28.7. The molecule has 1 aliphatic heterocycles. The van der Waals surface area contributed by atoms with E-state index in [0.29, 0.717) is 17.5 Å². The van der Waals surface area contributed by atoms with Crippen LogP contribution in [-0.2, 0) is 14.3 Å². The third-order valence-electron chi connectivity index (χ3n) is 6.66. The largest absolute Gasteiger partial charge is 0.472 e.